The Morgan fingerprint density at radius 1 is 1.12 bits per heavy atom. The van der Waals surface area contributed by atoms with Crippen molar-refractivity contribution in [1.29, 1.82) is 0 Å². The van der Waals surface area contributed by atoms with Crippen LogP contribution in [-0.4, -0.2) is 38.5 Å². The minimum absolute atomic E-state index is 0.0152. The van der Waals surface area contributed by atoms with Crippen LogP contribution in [0.2, 0.25) is 0 Å². The van der Waals surface area contributed by atoms with Crippen molar-refractivity contribution >= 4 is 30.4 Å². The fourth-order valence-electron chi connectivity index (χ4n) is 4.70. The van der Waals surface area contributed by atoms with Gasteiger partial charge in [-0.05, 0) is 73.9 Å². The largest absolute Gasteiger partial charge is 0.424 e. The van der Waals surface area contributed by atoms with Crippen LogP contribution in [0.1, 0.15) is 50.9 Å². The summed E-state index contributed by atoms with van der Waals surface area (Å²) in [7, 11) is 0. The first kappa shape index (κ1) is 29.2. The molecule has 220 valence electrons. The van der Waals surface area contributed by atoms with E-state index in [0.29, 0.717) is 23.1 Å². The van der Waals surface area contributed by atoms with Crippen LogP contribution < -0.4 is 21.1 Å². The van der Waals surface area contributed by atoms with E-state index in [1.807, 2.05) is 18.2 Å². The number of aromatic nitrogens is 4. The summed E-state index contributed by atoms with van der Waals surface area (Å²) in [6.07, 6.45) is 7.81. The lowest BCUT2D eigenvalue weighted by atomic mass is 9.92. The molecule has 4 aromatic rings. The number of nitrogens with one attached hydrogen (secondary N) is 2. The van der Waals surface area contributed by atoms with E-state index in [9.17, 15) is 4.79 Å². The van der Waals surface area contributed by atoms with E-state index < -0.39 is 6.03 Å². The maximum Gasteiger partial charge on any atom is 0.324 e. The second-order valence-corrected chi connectivity index (χ2v) is 11.3. The van der Waals surface area contributed by atoms with Crippen LogP contribution in [0.25, 0.3) is 16.8 Å². The Kier molecular flexibility index (Phi) is 8.33. The molecule has 11 heteroatoms. The van der Waals surface area contributed by atoms with Gasteiger partial charge in [0.15, 0.2) is 0 Å². The summed E-state index contributed by atoms with van der Waals surface area (Å²) in [5.41, 5.74) is 12.3. The molecule has 1 aliphatic rings. The van der Waals surface area contributed by atoms with Gasteiger partial charge >= 0.3 is 12.1 Å². The lowest BCUT2D eigenvalue weighted by Gasteiger charge is -2.14. The molecule has 2 heterocycles. The van der Waals surface area contributed by atoms with Crippen molar-refractivity contribution in [3.63, 3.8) is 0 Å². The van der Waals surface area contributed by atoms with Crippen molar-refractivity contribution in [1.82, 2.24) is 25.1 Å². The van der Waals surface area contributed by atoms with Crippen molar-refractivity contribution in [2.45, 2.75) is 52.4 Å². The Labute approximate surface area is 250 Å². The molecule has 2 aromatic heterocycles. The molecule has 2 aromatic carbocycles. The zero-order valence-corrected chi connectivity index (χ0v) is 24.8. The van der Waals surface area contributed by atoms with E-state index in [-0.39, 0.29) is 11.4 Å². The molecule has 43 heavy (non-hydrogen) atoms. The molecule has 0 saturated carbocycles. The van der Waals surface area contributed by atoms with Gasteiger partial charge in [0.1, 0.15) is 23.7 Å². The number of hydrogen-bond acceptors (Lipinski definition) is 7. The molecule has 11 nitrogen and oxygen atoms in total. The summed E-state index contributed by atoms with van der Waals surface area (Å²) in [6, 6.07) is 15.0. The number of amidine groups is 1. The van der Waals surface area contributed by atoms with E-state index in [4.69, 9.17) is 15.6 Å². The van der Waals surface area contributed by atoms with Gasteiger partial charge in [0.05, 0.1) is 17.6 Å². The summed E-state index contributed by atoms with van der Waals surface area (Å²) in [5, 5.41) is 10.6. The summed E-state index contributed by atoms with van der Waals surface area (Å²) in [5.74, 6) is 1.45. The maximum atomic E-state index is 13.0. The average molecular weight is 578 g/mol. The Morgan fingerprint density at radius 3 is 2.60 bits per heavy atom. The van der Waals surface area contributed by atoms with Gasteiger partial charge in [0.25, 0.3) is 0 Å². The second kappa shape index (κ2) is 12.3. The van der Waals surface area contributed by atoms with E-state index >= 15 is 0 Å². The number of carbonyl (C=O) groups is 1. The monoisotopic (exact) mass is 577 g/mol. The van der Waals surface area contributed by atoms with Gasteiger partial charge in [-0.3, -0.25) is 5.32 Å². The van der Waals surface area contributed by atoms with Crippen molar-refractivity contribution in [2.75, 3.05) is 11.1 Å². The number of fused-ring (bicyclic) bond motifs is 1. The number of nitrogens with two attached hydrogens (primary N) is 1. The van der Waals surface area contributed by atoms with Crippen molar-refractivity contribution in [3.05, 3.63) is 89.8 Å². The number of urea groups is 1. The van der Waals surface area contributed by atoms with Crippen LogP contribution in [0.5, 0.6) is 5.75 Å². The third-order valence-electron chi connectivity index (χ3n) is 6.98. The first-order valence-electron chi connectivity index (χ1n) is 14.0. The number of ether oxygens (including phenoxy) is 1. The number of benzene rings is 2. The van der Waals surface area contributed by atoms with Crippen LogP contribution in [0.4, 0.5) is 16.4 Å². The molecule has 1 aliphatic carbocycles. The van der Waals surface area contributed by atoms with Crippen LogP contribution in [0.3, 0.4) is 0 Å². The smallest absolute Gasteiger partial charge is 0.324 e. The highest BCUT2D eigenvalue weighted by atomic mass is 16.5. The number of amides is 2. The molecule has 0 spiro atoms. The standard InChI is InChI=1S/C32H35N9O2/c1-20(17-36-31(34-5)43-25-13-10-22(11-14-25)26-18-35-19-37-29(26)33)38-30(42)39-28-16-27(32(2,3)4)40-41(28)24-12-9-21-7-6-8-23(21)15-24/h9-19H,5-8H2,1-4H3,(H2,33,35,37)(H2,38,39,42)/b20-17+,36-31?. The van der Waals surface area contributed by atoms with Crippen LogP contribution in [0, 0.1) is 0 Å². The van der Waals surface area contributed by atoms with Gasteiger partial charge in [0.2, 0.25) is 0 Å². The number of hydrogen-bond donors (Lipinski definition) is 3. The van der Waals surface area contributed by atoms with Crippen LogP contribution in [-0.2, 0) is 18.3 Å². The van der Waals surface area contributed by atoms with Gasteiger partial charge < -0.3 is 15.8 Å². The zero-order valence-electron chi connectivity index (χ0n) is 24.8. The first-order chi connectivity index (χ1) is 20.6. The highest BCUT2D eigenvalue weighted by molar-refractivity contribution is 5.90. The van der Waals surface area contributed by atoms with E-state index in [0.717, 1.165) is 41.8 Å². The number of aliphatic imine (C=N–C) groups is 2. The third kappa shape index (κ3) is 6.95. The Hall–Kier alpha value is -5.32. The van der Waals surface area contributed by atoms with Crippen molar-refractivity contribution < 1.29 is 9.53 Å². The molecule has 2 amide bonds. The summed E-state index contributed by atoms with van der Waals surface area (Å²) in [6.45, 7) is 11.5. The third-order valence-corrected chi connectivity index (χ3v) is 6.98. The molecule has 0 unspecified atom stereocenters. The summed E-state index contributed by atoms with van der Waals surface area (Å²) in [4.78, 5) is 29.1. The minimum atomic E-state index is -0.430. The molecule has 4 N–H and O–H groups in total. The lowest BCUT2D eigenvalue weighted by Crippen LogP contribution is -2.28. The minimum Gasteiger partial charge on any atom is -0.424 e. The van der Waals surface area contributed by atoms with E-state index in [1.54, 1.807) is 29.9 Å². The maximum absolute atomic E-state index is 13.0. The van der Waals surface area contributed by atoms with Crippen LogP contribution >= 0.6 is 0 Å². The van der Waals surface area contributed by atoms with E-state index in [2.05, 4.69) is 76.3 Å². The molecule has 0 atom stereocenters. The topological polar surface area (TPSA) is 145 Å². The molecule has 0 saturated heterocycles. The fourth-order valence-corrected chi connectivity index (χ4v) is 4.70. The molecule has 0 fully saturated rings. The average Bonchev–Trinajstić information content (AvgIpc) is 3.63. The van der Waals surface area contributed by atoms with Crippen LogP contribution in [0.15, 0.2) is 82.9 Å². The molecular weight excluding hydrogens is 542 g/mol. The molecule has 0 aliphatic heterocycles. The second-order valence-electron chi connectivity index (χ2n) is 11.3. The van der Waals surface area contributed by atoms with Gasteiger partial charge in [-0.25, -0.2) is 29.4 Å². The number of carbonyl (C=O) groups excluding carboxylic acids is 1. The predicted octanol–water partition coefficient (Wildman–Crippen LogP) is 5.82. The van der Waals surface area contributed by atoms with Gasteiger partial charge in [-0.2, -0.15) is 5.10 Å². The number of allylic oxidation sites excluding steroid dienone is 1. The van der Waals surface area contributed by atoms with Gasteiger partial charge in [0, 0.05) is 28.9 Å². The molecule has 0 bridgehead atoms. The van der Waals surface area contributed by atoms with Crippen molar-refractivity contribution in [2.24, 2.45) is 9.98 Å². The zero-order chi connectivity index (χ0) is 30.6. The highest BCUT2D eigenvalue weighted by Crippen LogP contribution is 2.29. The highest BCUT2D eigenvalue weighted by Gasteiger charge is 2.22. The lowest BCUT2D eigenvalue weighted by molar-refractivity contribution is 0.254. The summed E-state index contributed by atoms with van der Waals surface area (Å²) < 4.78 is 7.53. The Bertz CT molecular complexity index is 1710. The van der Waals surface area contributed by atoms with E-state index in [1.165, 1.54) is 23.7 Å². The summed E-state index contributed by atoms with van der Waals surface area (Å²) >= 11 is 0. The normalized spacial score (nSPS) is 13.4. The van der Waals surface area contributed by atoms with Gasteiger partial charge in [-0.15, -0.1) is 0 Å². The molecule has 5 rings (SSSR count). The fraction of sp³-hybridized carbons (Fsp3) is 0.250. The first-order valence-corrected chi connectivity index (χ1v) is 14.0. The number of nitrogen functional groups attached to an aromatic ring is 1. The Balaban J connectivity index is 1.26. The number of rotatable bonds is 6. The SMILES string of the molecule is C=NC(=N/C=C(\C)NC(=O)Nc1cc(C(C)(C)C)nn1-c1ccc2c(c1)CCC2)Oc1ccc(-c2cncnc2N)cc1. The number of anilines is 2. The number of nitrogens with zero attached hydrogens (tertiary/aromatic N) is 6. The van der Waals surface area contributed by atoms with Gasteiger partial charge in [-0.1, -0.05) is 39.0 Å². The van der Waals surface area contributed by atoms with Crippen molar-refractivity contribution in [3.8, 4) is 22.6 Å². The molecular formula is C32H35N9O2. The number of aryl methyl sites for hydroxylation is 2. The quantitative estimate of drug-likeness (QED) is 0.195. The Morgan fingerprint density at radius 2 is 1.88 bits per heavy atom. The molecule has 0 radical (unpaired) electrons. The predicted molar refractivity (Wildman–Crippen MR) is 170 cm³/mol.